The number of aromatic amines is 1. The van der Waals surface area contributed by atoms with Crippen LogP contribution < -0.4 is 5.69 Å². The minimum absolute atomic E-state index is 0.0409. The first-order valence-electron chi connectivity index (χ1n) is 6.55. The van der Waals surface area contributed by atoms with Crippen LogP contribution in [0.15, 0.2) is 65.5 Å². The summed E-state index contributed by atoms with van der Waals surface area (Å²) in [6.07, 6.45) is 0. The number of non-ortho nitro benzene ring substituents is 1. The summed E-state index contributed by atoms with van der Waals surface area (Å²) >= 11 is 0. The Kier molecular flexibility index (Phi) is 3.49. The van der Waals surface area contributed by atoms with Gasteiger partial charge in [-0.25, -0.2) is 4.79 Å². The minimum Gasteiger partial charge on any atom is -0.305 e. The van der Waals surface area contributed by atoms with Crippen molar-refractivity contribution >= 4 is 5.69 Å². The molecule has 0 atom stereocenters. The molecular weight excluding hydrogens is 282 g/mol. The van der Waals surface area contributed by atoms with Crippen LogP contribution in [0.5, 0.6) is 0 Å². The van der Waals surface area contributed by atoms with Gasteiger partial charge in [0.2, 0.25) is 0 Å². The van der Waals surface area contributed by atoms with Crippen molar-refractivity contribution < 1.29 is 4.92 Å². The zero-order valence-corrected chi connectivity index (χ0v) is 11.4. The molecule has 2 aromatic carbocycles. The summed E-state index contributed by atoms with van der Waals surface area (Å²) in [5, 5.41) is 10.9. The number of nitrogens with zero attached hydrogens (tertiary/aromatic N) is 2. The summed E-state index contributed by atoms with van der Waals surface area (Å²) in [5.41, 5.74) is 1.84. The Morgan fingerprint density at radius 2 is 1.68 bits per heavy atom. The third-order valence-electron chi connectivity index (χ3n) is 3.18. The second kappa shape index (κ2) is 5.61. The maximum absolute atomic E-state index is 11.8. The molecule has 1 aromatic heterocycles. The lowest BCUT2D eigenvalue weighted by Crippen LogP contribution is -2.11. The van der Waals surface area contributed by atoms with Crippen LogP contribution in [0.4, 0.5) is 5.69 Å². The molecule has 0 radical (unpaired) electrons. The first-order valence-corrected chi connectivity index (χ1v) is 6.55. The molecule has 108 valence electrons. The predicted molar refractivity (Wildman–Crippen MR) is 82.4 cm³/mol. The zero-order chi connectivity index (χ0) is 15.5. The van der Waals surface area contributed by atoms with Crippen LogP contribution in [-0.4, -0.2) is 14.9 Å². The Morgan fingerprint density at radius 3 is 2.41 bits per heavy atom. The van der Waals surface area contributed by atoms with Gasteiger partial charge >= 0.3 is 5.69 Å². The molecule has 0 saturated carbocycles. The quantitative estimate of drug-likeness (QED) is 0.593. The second-order valence-electron chi connectivity index (χ2n) is 4.66. The number of nitrogens with one attached hydrogen (secondary N) is 1. The Hall–Kier alpha value is -3.28. The maximum Gasteiger partial charge on any atom is 0.345 e. The number of H-pyrrole nitrogens is 1. The van der Waals surface area contributed by atoms with Gasteiger partial charge in [0.25, 0.3) is 5.69 Å². The highest BCUT2D eigenvalue weighted by atomic mass is 16.6. The molecule has 0 spiro atoms. The monoisotopic (exact) mass is 293 g/mol. The van der Waals surface area contributed by atoms with E-state index in [9.17, 15) is 14.9 Å². The van der Waals surface area contributed by atoms with Crippen molar-refractivity contribution in [3.63, 3.8) is 0 Å². The average molecular weight is 293 g/mol. The molecule has 22 heavy (non-hydrogen) atoms. The Morgan fingerprint density at radius 1 is 0.955 bits per heavy atom. The lowest BCUT2D eigenvalue weighted by atomic mass is 10.1. The van der Waals surface area contributed by atoms with Crippen LogP contribution in [0.3, 0.4) is 0 Å². The molecule has 0 aliphatic heterocycles. The highest BCUT2D eigenvalue weighted by Crippen LogP contribution is 2.24. The zero-order valence-electron chi connectivity index (χ0n) is 11.4. The molecule has 1 heterocycles. The number of nitro benzene ring substituents is 1. The fourth-order valence-electron chi connectivity index (χ4n) is 2.16. The van der Waals surface area contributed by atoms with Gasteiger partial charge in [-0.15, -0.1) is 0 Å². The summed E-state index contributed by atoms with van der Waals surface area (Å²) < 4.78 is 0. The molecule has 6 nitrogen and oxygen atoms in total. The SMILES string of the molecule is O=c1nc(-c2cccc([N+](=O)[O-])c2)cc(-c2ccccc2)[nH]1. The second-order valence-corrected chi connectivity index (χ2v) is 4.66. The first kappa shape index (κ1) is 13.7. The van der Waals surface area contributed by atoms with Crippen LogP contribution in [0.1, 0.15) is 0 Å². The van der Waals surface area contributed by atoms with Gasteiger partial charge in [-0.2, -0.15) is 4.98 Å². The van der Waals surface area contributed by atoms with Crippen molar-refractivity contribution in [1.29, 1.82) is 0 Å². The highest BCUT2D eigenvalue weighted by molar-refractivity contribution is 5.68. The Labute approximate surface area is 125 Å². The van der Waals surface area contributed by atoms with Crippen LogP contribution in [-0.2, 0) is 0 Å². The summed E-state index contributed by atoms with van der Waals surface area (Å²) in [6.45, 7) is 0. The van der Waals surface area contributed by atoms with Crippen LogP contribution in [0.2, 0.25) is 0 Å². The number of hydrogen-bond acceptors (Lipinski definition) is 4. The number of hydrogen-bond donors (Lipinski definition) is 1. The third kappa shape index (κ3) is 2.76. The molecule has 0 bridgehead atoms. The number of nitro groups is 1. The van der Waals surface area contributed by atoms with E-state index in [1.165, 1.54) is 12.1 Å². The molecule has 0 aliphatic carbocycles. The van der Waals surface area contributed by atoms with Gasteiger partial charge in [-0.05, 0) is 11.6 Å². The van der Waals surface area contributed by atoms with Crippen molar-refractivity contribution in [2.24, 2.45) is 0 Å². The molecule has 3 aromatic rings. The lowest BCUT2D eigenvalue weighted by Gasteiger charge is -2.05. The van der Waals surface area contributed by atoms with E-state index in [-0.39, 0.29) is 5.69 Å². The van der Waals surface area contributed by atoms with Crippen LogP contribution in [0.25, 0.3) is 22.5 Å². The number of rotatable bonds is 3. The van der Waals surface area contributed by atoms with E-state index < -0.39 is 10.6 Å². The normalized spacial score (nSPS) is 10.4. The molecule has 0 saturated heterocycles. The molecule has 1 N–H and O–H groups in total. The lowest BCUT2D eigenvalue weighted by molar-refractivity contribution is -0.384. The smallest absolute Gasteiger partial charge is 0.305 e. The van der Waals surface area contributed by atoms with E-state index in [4.69, 9.17) is 0 Å². The largest absolute Gasteiger partial charge is 0.345 e. The van der Waals surface area contributed by atoms with Crippen molar-refractivity contribution in [3.8, 4) is 22.5 Å². The fourth-order valence-corrected chi connectivity index (χ4v) is 2.16. The molecule has 3 rings (SSSR count). The van der Waals surface area contributed by atoms with Crippen LogP contribution in [0, 0.1) is 10.1 Å². The van der Waals surface area contributed by atoms with E-state index >= 15 is 0 Å². The van der Waals surface area contributed by atoms with E-state index in [2.05, 4.69) is 9.97 Å². The molecule has 0 amide bonds. The van der Waals surface area contributed by atoms with Crippen LogP contribution >= 0.6 is 0 Å². The third-order valence-corrected chi connectivity index (χ3v) is 3.18. The van der Waals surface area contributed by atoms with Crippen molar-refractivity contribution in [1.82, 2.24) is 9.97 Å². The summed E-state index contributed by atoms with van der Waals surface area (Å²) in [5.74, 6) is 0. The van der Waals surface area contributed by atoms with Gasteiger partial charge in [0.15, 0.2) is 0 Å². The average Bonchev–Trinajstić information content (AvgIpc) is 2.55. The van der Waals surface area contributed by atoms with Gasteiger partial charge in [0.05, 0.1) is 16.3 Å². The maximum atomic E-state index is 11.8. The summed E-state index contributed by atoms with van der Waals surface area (Å²) in [4.78, 5) is 28.7. The molecule has 0 fully saturated rings. The highest BCUT2D eigenvalue weighted by Gasteiger charge is 2.10. The van der Waals surface area contributed by atoms with Crippen molar-refractivity contribution in [2.75, 3.05) is 0 Å². The van der Waals surface area contributed by atoms with E-state index in [0.717, 1.165) is 5.56 Å². The number of benzene rings is 2. The molecule has 6 heteroatoms. The van der Waals surface area contributed by atoms with Gasteiger partial charge in [-0.3, -0.25) is 10.1 Å². The Bertz CT molecular complexity index is 888. The van der Waals surface area contributed by atoms with E-state index in [1.54, 1.807) is 18.2 Å². The molecule has 0 aliphatic rings. The van der Waals surface area contributed by atoms with Gasteiger partial charge in [0.1, 0.15) is 0 Å². The van der Waals surface area contributed by atoms with Gasteiger partial charge in [-0.1, -0.05) is 42.5 Å². The topological polar surface area (TPSA) is 88.9 Å². The van der Waals surface area contributed by atoms with Gasteiger partial charge in [0, 0.05) is 17.7 Å². The van der Waals surface area contributed by atoms with Crippen molar-refractivity contribution in [2.45, 2.75) is 0 Å². The standard InChI is InChI=1S/C16H11N3O3/c20-16-17-14(11-5-2-1-3-6-11)10-15(18-16)12-7-4-8-13(9-12)19(21)22/h1-10H,(H,17,18,20). The molecular formula is C16H11N3O3. The van der Waals surface area contributed by atoms with Gasteiger partial charge < -0.3 is 4.98 Å². The number of aromatic nitrogens is 2. The summed E-state index contributed by atoms with van der Waals surface area (Å²) in [6, 6.07) is 17.1. The van der Waals surface area contributed by atoms with E-state index in [1.807, 2.05) is 30.3 Å². The fraction of sp³-hybridized carbons (Fsp3) is 0. The molecule has 0 unspecified atom stereocenters. The van der Waals surface area contributed by atoms with Crippen molar-refractivity contribution in [3.05, 3.63) is 81.3 Å². The summed E-state index contributed by atoms with van der Waals surface area (Å²) in [7, 11) is 0. The first-order chi connectivity index (χ1) is 10.6. The van der Waals surface area contributed by atoms with E-state index in [0.29, 0.717) is 17.0 Å². The Balaban J connectivity index is 2.13. The minimum atomic E-state index is -0.497. The predicted octanol–water partition coefficient (Wildman–Crippen LogP) is 3.01.